The summed E-state index contributed by atoms with van der Waals surface area (Å²) in [5.74, 6) is 1.97. The molecule has 32 heavy (non-hydrogen) atoms. The second-order valence-electron chi connectivity index (χ2n) is 9.04. The summed E-state index contributed by atoms with van der Waals surface area (Å²) in [6.07, 6.45) is 6.36. The summed E-state index contributed by atoms with van der Waals surface area (Å²) in [6.45, 7) is 9.84. The predicted octanol–water partition coefficient (Wildman–Crippen LogP) is 4.66. The van der Waals surface area contributed by atoms with Gasteiger partial charge in [-0.2, -0.15) is 0 Å². The zero-order chi connectivity index (χ0) is 22.0. The lowest BCUT2D eigenvalue weighted by atomic mass is 10.1. The average molecular weight is 438 g/mol. The fraction of sp³-hybridized carbons (Fsp3) is 0.556. The van der Waals surface area contributed by atoms with Gasteiger partial charge in [0.05, 0.1) is 19.4 Å². The summed E-state index contributed by atoms with van der Waals surface area (Å²) in [5, 5.41) is 0. The van der Waals surface area contributed by atoms with Crippen LogP contribution in [0.25, 0.3) is 0 Å². The van der Waals surface area contributed by atoms with Gasteiger partial charge in [0.15, 0.2) is 0 Å². The maximum Gasteiger partial charge on any atom is 0.142 e. The van der Waals surface area contributed by atoms with Gasteiger partial charge in [-0.3, -0.25) is 9.80 Å². The Hall–Kier alpha value is -2.24. The Balaban J connectivity index is 1.09. The van der Waals surface area contributed by atoms with E-state index in [4.69, 9.17) is 9.47 Å². The molecule has 0 N–H and O–H groups in total. The normalized spacial score (nSPS) is 18.0. The molecule has 2 fully saturated rings. The highest BCUT2D eigenvalue weighted by atomic mass is 16.5. The predicted molar refractivity (Wildman–Crippen MR) is 132 cm³/mol. The molecule has 2 aliphatic heterocycles. The summed E-state index contributed by atoms with van der Waals surface area (Å²) in [4.78, 5) is 7.57. The Morgan fingerprint density at radius 3 is 2.25 bits per heavy atom. The number of hydrogen-bond acceptors (Lipinski definition) is 5. The smallest absolute Gasteiger partial charge is 0.142 e. The Morgan fingerprint density at radius 1 is 0.750 bits per heavy atom. The molecule has 0 amide bonds. The van der Waals surface area contributed by atoms with Crippen LogP contribution < -0.4 is 14.4 Å². The van der Waals surface area contributed by atoms with E-state index in [-0.39, 0.29) is 0 Å². The third-order valence-corrected chi connectivity index (χ3v) is 6.71. The molecule has 0 atom stereocenters. The number of hydrogen-bond donors (Lipinski definition) is 0. The number of benzene rings is 2. The quantitative estimate of drug-likeness (QED) is 0.504. The van der Waals surface area contributed by atoms with Crippen molar-refractivity contribution < 1.29 is 9.47 Å². The van der Waals surface area contributed by atoms with Crippen LogP contribution in [0.2, 0.25) is 0 Å². The highest BCUT2D eigenvalue weighted by Gasteiger charge is 2.19. The molecule has 5 heteroatoms. The van der Waals surface area contributed by atoms with Crippen molar-refractivity contribution in [1.29, 1.82) is 0 Å². The second kappa shape index (κ2) is 12.1. The summed E-state index contributed by atoms with van der Waals surface area (Å²) in [6, 6.07) is 17.1. The van der Waals surface area contributed by atoms with E-state index in [9.17, 15) is 0 Å². The summed E-state index contributed by atoms with van der Waals surface area (Å²) >= 11 is 0. The molecule has 0 radical (unpaired) electrons. The van der Waals surface area contributed by atoms with Crippen LogP contribution in [0.1, 0.15) is 37.7 Å². The minimum Gasteiger partial charge on any atom is -0.495 e. The third kappa shape index (κ3) is 6.63. The highest BCUT2D eigenvalue weighted by Crippen LogP contribution is 2.28. The van der Waals surface area contributed by atoms with Gasteiger partial charge in [-0.1, -0.05) is 30.7 Å². The molecule has 4 rings (SSSR count). The van der Waals surface area contributed by atoms with Crippen molar-refractivity contribution in [3.63, 3.8) is 0 Å². The van der Waals surface area contributed by atoms with Crippen molar-refractivity contribution in [3.8, 4) is 11.5 Å². The van der Waals surface area contributed by atoms with Crippen LogP contribution in [0.5, 0.6) is 11.5 Å². The zero-order valence-corrected chi connectivity index (χ0v) is 19.7. The van der Waals surface area contributed by atoms with Gasteiger partial charge in [0, 0.05) is 32.7 Å². The number of nitrogens with zero attached hydrogens (tertiary/aromatic N) is 3. The zero-order valence-electron chi connectivity index (χ0n) is 19.7. The van der Waals surface area contributed by atoms with Gasteiger partial charge in [0.2, 0.25) is 0 Å². The average Bonchev–Trinajstić information content (AvgIpc) is 2.86. The maximum absolute atomic E-state index is 5.99. The van der Waals surface area contributed by atoms with Crippen molar-refractivity contribution in [1.82, 2.24) is 9.80 Å². The molecular weight excluding hydrogens is 398 g/mol. The molecule has 0 aromatic heterocycles. The number of ether oxygens (including phenoxy) is 2. The lowest BCUT2D eigenvalue weighted by molar-refractivity contribution is 0.220. The summed E-state index contributed by atoms with van der Waals surface area (Å²) in [7, 11) is 1.75. The van der Waals surface area contributed by atoms with E-state index in [0.717, 1.165) is 63.8 Å². The van der Waals surface area contributed by atoms with Crippen molar-refractivity contribution in [2.75, 3.05) is 64.4 Å². The Kier molecular flexibility index (Phi) is 8.69. The number of likely N-dealkylation sites (tertiary alicyclic amines) is 1. The molecule has 174 valence electrons. The summed E-state index contributed by atoms with van der Waals surface area (Å²) in [5.41, 5.74) is 2.61. The van der Waals surface area contributed by atoms with Crippen LogP contribution in [-0.4, -0.2) is 69.3 Å². The second-order valence-corrected chi connectivity index (χ2v) is 9.04. The molecule has 2 heterocycles. The largest absolute Gasteiger partial charge is 0.495 e. The van der Waals surface area contributed by atoms with Crippen LogP contribution in [-0.2, 0) is 6.54 Å². The van der Waals surface area contributed by atoms with Crippen molar-refractivity contribution >= 4 is 5.69 Å². The van der Waals surface area contributed by atoms with Gasteiger partial charge >= 0.3 is 0 Å². The van der Waals surface area contributed by atoms with E-state index in [1.165, 1.54) is 50.0 Å². The lowest BCUT2D eigenvalue weighted by Crippen LogP contribution is -2.46. The number of para-hydroxylation sites is 2. The van der Waals surface area contributed by atoms with Crippen molar-refractivity contribution in [2.24, 2.45) is 0 Å². The van der Waals surface area contributed by atoms with Gasteiger partial charge in [-0.25, -0.2) is 0 Å². The maximum atomic E-state index is 5.99. The van der Waals surface area contributed by atoms with Gasteiger partial charge in [0.25, 0.3) is 0 Å². The first-order valence-electron chi connectivity index (χ1n) is 12.4. The minimum atomic E-state index is 0.798. The van der Waals surface area contributed by atoms with Gasteiger partial charge in [0.1, 0.15) is 11.5 Å². The molecule has 0 unspecified atom stereocenters. The number of rotatable bonds is 10. The molecule has 2 aromatic rings. The van der Waals surface area contributed by atoms with Crippen LogP contribution in [0.4, 0.5) is 5.69 Å². The lowest BCUT2D eigenvalue weighted by Gasteiger charge is -2.36. The van der Waals surface area contributed by atoms with E-state index in [1.54, 1.807) is 7.11 Å². The third-order valence-electron chi connectivity index (χ3n) is 6.71. The van der Waals surface area contributed by atoms with Gasteiger partial charge < -0.3 is 14.4 Å². The molecule has 0 spiro atoms. The van der Waals surface area contributed by atoms with Crippen LogP contribution in [0, 0.1) is 0 Å². The topological polar surface area (TPSA) is 28.2 Å². The van der Waals surface area contributed by atoms with Crippen LogP contribution >= 0.6 is 0 Å². The molecule has 0 bridgehead atoms. The minimum absolute atomic E-state index is 0.798. The van der Waals surface area contributed by atoms with Gasteiger partial charge in [-0.05, 0) is 75.1 Å². The molecule has 0 saturated carbocycles. The first kappa shape index (κ1) is 22.9. The number of anilines is 1. The molecule has 2 aromatic carbocycles. The van der Waals surface area contributed by atoms with Crippen molar-refractivity contribution in [2.45, 2.75) is 38.6 Å². The molecule has 2 aliphatic rings. The summed E-state index contributed by atoms with van der Waals surface area (Å²) < 4.78 is 11.5. The number of unbranched alkanes of at least 4 members (excludes halogenated alkanes) is 1. The number of methoxy groups -OCH3 is 1. The van der Waals surface area contributed by atoms with E-state index < -0.39 is 0 Å². The first-order valence-corrected chi connectivity index (χ1v) is 12.4. The molecular formula is C27H39N3O2. The first-order chi connectivity index (χ1) is 15.8. The van der Waals surface area contributed by atoms with E-state index in [1.807, 2.05) is 12.1 Å². The monoisotopic (exact) mass is 437 g/mol. The fourth-order valence-electron chi connectivity index (χ4n) is 4.80. The SMILES string of the molecule is COc1ccccc1N1CCN(CCCCOc2ccc(CN3CCCCC3)cc2)CC1. The van der Waals surface area contributed by atoms with E-state index in [2.05, 4.69) is 51.1 Å². The van der Waals surface area contributed by atoms with Crippen LogP contribution in [0.3, 0.4) is 0 Å². The van der Waals surface area contributed by atoms with Crippen molar-refractivity contribution in [3.05, 3.63) is 54.1 Å². The van der Waals surface area contributed by atoms with Gasteiger partial charge in [-0.15, -0.1) is 0 Å². The Bertz CT molecular complexity index is 797. The highest BCUT2D eigenvalue weighted by molar-refractivity contribution is 5.58. The molecule has 2 saturated heterocycles. The molecule has 0 aliphatic carbocycles. The van der Waals surface area contributed by atoms with E-state index >= 15 is 0 Å². The standard InChI is InChI=1S/C27H39N3O2/c1-31-27-10-4-3-9-26(27)30-20-18-28(19-21-30)15-7-8-22-32-25-13-11-24(12-14-25)23-29-16-5-2-6-17-29/h3-4,9-14H,2,5-8,15-23H2,1H3. The number of piperidine rings is 1. The Morgan fingerprint density at radius 2 is 1.50 bits per heavy atom. The molecule has 5 nitrogen and oxygen atoms in total. The number of piperazine rings is 1. The fourth-order valence-corrected chi connectivity index (χ4v) is 4.80. The van der Waals surface area contributed by atoms with Crippen LogP contribution in [0.15, 0.2) is 48.5 Å². The van der Waals surface area contributed by atoms with E-state index in [0.29, 0.717) is 0 Å². The Labute approximate surface area is 193 Å².